The molecular formula is C19H30N2O3. The normalized spacial score (nSPS) is 17.5. The first-order valence-electron chi connectivity index (χ1n) is 8.66. The molecule has 1 aromatic rings. The second-order valence-electron chi connectivity index (χ2n) is 7.42. The van der Waals surface area contributed by atoms with Crippen molar-refractivity contribution in [2.75, 3.05) is 26.7 Å². The number of rotatable bonds is 4. The van der Waals surface area contributed by atoms with Crippen molar-refractivity contribution in [1.29, 1.82) is 0 Å². The summed E-state index contributed by atoms with van der Waals surface area (Å²) in [5.74, 6) is 1.62. The van der Waals surface area contributed by atoms with Gasteiger partial charge >= 0.3 is 6.09 Å². The molecule has 1 fully saturated rings. The maximum atomic E-state index is 12.2. The lowest BCUT2D eigenvalue weighted by molar-refractivity contribution is 0.0175. The van der Waals surface area contributed by atoms with Crippen LogP contribution in [-0.4, -0.2) is 43.3 Å². The minimum atomic E-state index is -0.450. The predicted octanol–water partition coefficient (Wildman–Crippen LogP) is 3.38. The van der Waals surface area contributed by atoms with Crippen molar-refractivity contribution >= 4 is 6.09 Å². The van der Waals surface area contributed by atoms with Crippen LogP contribution in [0.2, 0.25) is 0 Å². The molecule has 1 saturated heterocycles. The van der Waals surface area contributed by atoms with Gasteiger partial charge in [-0.3, -0.25) is 0 Å². The van der Waals surface area contributed by atoms with E-state index in [1.807, 2.05) is 32.9 Å². The van der Waals surface area contributed by atoms with Crippen LogP contribution >= 0.6 is 0 Å². The summed E-state index contributed by atoms with van der Waals surface area (Å²) < 4.78 is 10.8. The molecule has 1 heterocycles. The topological polar surface area (TPSA) is 64.8 Å². The molecule has 2 N–H and O–H groups in total. The van der Waals surface area contributed by atoms with E-state index in [0.29, 0.717) is 18.4 Å². The number of hydrogen-bond donors (Lipinski definition) is 1. The first kappa shape index (κ1) is 18.6. The minimum Gasteiger partial charge on any atom is -0.497 e. The molecule has 2 rings (SSSR count). The third kappa shape index (κ3) is 4.87. The zero-order valence-corrected chi connectivity index (χ0v) is 15.2. The van der Waals surface area contributed by atoms with Gasteiger partial charge in [-0.15, -0.1) is 0 Å². The number of methoxy groups -OCH3 is 1. The van der Waals surface area contributed by atoms with Gasteiger partial charge in [0.05, 0.1) is 7.11 Å². The Morgan fingerprint density at radius 1 is 1.33 bits per heavy atom. The number of ether oxygens (including phenoxy) is 2. The summed E-state index contributed by atoms with van der Waals surface area (Å²) in [6.45, 7) is 7.73. The van der Waals surface area contributed by atoms with Crippen molar-refractivity contribution in [3.63, 3.8) is 0 Å². The van der Waals surface area contributed by atoms with Crippen LogP contribution in [0.3, 0.4) is 0 Å². The van der Waals surface area contributed by atoms with E-state index in [4.69, 9.17) is 15.2 Å². The molecule has 0 bridgehead atoms. The monoisotopic (exact) mass is 334 g/mol. The first-order valence-corrected chi connectivity index (χ1v) is 8.66. The van der Waals surface area contributed by atoms with Crippen molar-refractivity contribution in [2.45, 2.75) is 45.1 Å². The van der Waals surface area contributed by atoms with Crippen LogP contribution in [0.4, 0.5) is 4.79 Å². The van der Waals surface area contributed by atoms with E-state index in [1.54, 1.807) is 12.0 Å². The predicted molar refractivity (Wildman–Crippen MR) is 95.3 cm³/mol. The fourth-order valence-corrected chi connectivity index (χ4v) is 3.28. The molecule has 5 nitrogen and oxygen atoms in total. The lowest BCUT2D eigenvalue weighted by atomic mass is 9.80. The van der Waals surface area contributed by atoms with Crippen LogP contribution in [0, 0.1) is 5.92 Å². The minimum absolute atomic E-state index is 0.216. The molecule has 0 spiro atoms. The van der Waals surface area contributed by atoms with Crippen molar-refractivity contribution in [1.82, 2.24) is 4.90 Å². The number of carbonyl (C=O) groups excluding carboxylic acids is 1. The summed E-state index contributed by atoms with van der Waals surface area (Å²) in [4.78, 5) is 14.0. The highest BCUT2D eigenvalue weighted by Gasteiger charge is 2.30. The van der Waals surface area contributed by atoms with Crippen LogP contribution in [0.25, 0.3) is 0 Å². The number of piperidine rings is 1. The highest BCUT2D eigenvalue weighted by atomic mass is 16.6. The standard InChI is InChI=1S/C19H30N2O3/c1-19(2,3)24-18(22)21-10-8-14(9-11-21)17(13-20)15-6-5-7-16(12-15)23-4/h5-7,12,14,17H,8-11,13,20H2,1-4H3. The van der Waals surface area contributed by atoms with Gasteiger partial charge in [0.1, 0.15) is 11.4 Å². The van der Waals surface area contributed by atoms with Gasteiger partial charge in [-0.05, 0) is 69.7 Å². The lowest BCUT2D eigenvalue weighted by Gasteiger charge is -2.36. The molecule has 0 saturated carbocycles. The molecule has 0 aromatic heterocycles. The van der Waals surface area contributed by atoms with E-state index >= 15 is 0 Å². The summed E-state index contributed by atoms with van der Waals surface area (Å²) in [6.07, 6.45) is 1.67. The Morgan fingerprint density at radius 2 is 2.00 bits per heavy atom. The number of carbonyl (C=O) groups is 1. The van der Waals surface area contributed by atoms with E-state index in [-0.39, 0.29) is 6.09 Å². The third-order valence-electron chi connectivity index (χ3n) is 4.54. The maximum absolute atomic E-state index is 12.2. The summed E-state index contributed by atoms with van der Waals surface area (Å²) in [5, 5.41) is 0. The van der Waals surface area contributed by atoms with Gasteiger partial charge in [0.15, 0.2) is 0 Å². The quantitative estimate of drug-likeness (QED) is 0.917. The molecule has 1 atom stereocenters. The van der Waals surface area contributed by atoms with Crippen LogP contribution in [-0.2, 0) is 4.74 Å². The van der Waals surface area contributed by atoms with Crippen LogP contribution in [0.5, 0.6) is 5.75 Å². The fraction of sp³-hybridized carbons (Fsp3) is 0.632. The average Bonchev–Trinajstić information content (AvgIpc) is 2.55. The summed E-state index contributed by atoms with van der Waals surface area (Å²) in [6, 6.07) is 8.13. The Morgan fingerprint density at radius 3 is 2.54 bits per heavy atom. The van der Waals surface area contributed by atoms with E-state index in [9.17, 15) is 4.79 Å². The summed E-state index contributed by atoms with van der Waals surface area (Å²) >= 11 is 0. The first-order chi connectivity index (χ1) is 11.3. The van der Waals surface area contributed by atoms with Gasteiger partial charge < -0.3 is 20.1 Å². The van der Waals surface area contributed by atoms with Crippen molar-refractivity contribution in [3.05, 3.63) is 29.8 Å². The van der Waals surface area contributed by atoms with Crippen molar-refractivity contribution in [3.8, 4) is 5.75 Å². The van der Waals surface area contributed by atoms with Gasteiger partial charge in [-0.1, -0.05) is 12.1 Å². The number of benzene rings is 1. The molecule has 1 aliphatic rings. The third-order valence-corrected chi connectivity index (χ3v) is 4.54. The number of nitrogens with two attached hydrogens (primary N) is 1. The SMILES string of the molecule is COc1cccc(C(CN)C2CCN(C(=O)OC(C)(C)C)CC2)c1. The summed E-state index contributed by atoms with van der Waals surface area (Å²) in [7, 11) is 1.68. The molecule has 134 valence electrons. The fourth-order valence-electron chi connectivity index (χ4n) is 3.28. The van der Waals surface area contributed by atoms with E-state index in [1.165, 1.54) is 5.56 Å². The molecule has 1 aliphatic heterocycles. The van der Waals surface area contributed by atoms with Crippen LogP contribution < -0.4 is 10.5 Å². The Kier molecular flexibility index (Phi) is 6.10. The van der Waals surface area contributed by atoms with Crippen molar-refractivity contribution in [2.24, 2.45) is 11.7 Å². The van der Waals surface area contributed by atoms with Crippen LogP contribution in [0.15, 0.2) is 24.3 Å². The second-order valence-corrected chi connectivity index (χ2v) is 7.42. The van der Waals surface area contributed by atoms with Gasteiger partial charge in [-0.25, -0.2) is 4.79 Å². The average molecular weight is 334 g/mol. The largest absolute Gasteiger partial charge is 0.497 e. The van der Waals surface area contributed by atoms with E-state index in [2.05, 4.69) is 12.1 Å². The van der Waals surface area contributed by atoms with Gasteiger partial charge in [-0.2, -0.15) is 0 Å². The van der Waals surface area contributed by atoms with E-state index in [0.717, 1.165) is 31.7 Å². The Bertz CT molecular complexity index is 546. The van der Waals surface area contributed by atoms with Gasteiger partial charge in [0.25, 0.3) is 0 Å². The maximum Gasteiger partial charge on any atom is 0.410 e. The van der Waals surface area contributed by atoms with Gasteiger partial charge in [0, 0.05) is 13.1 Å². The molecule has 1 aromatic carbocycles. The molecule has 0 radical (unpaired) electrons. The molecule has 1 unspecified atom stereocenters. The number of likely N-dealkylation sites (tertiary alicyclic amines) is 1. The highest BCUT2D eigenvalue weighted by molar-refractivity contribution is 5.68. The highest BCUT2D eigenvalue weighted by Crippen LogP contribution is 2.33. The molecule has 24 heavy (non-hydrogen) atoms. The second kappa shape index (κ2) is 7.88. The molecule has 1 amide bonds. The van der Waals surface area contributed by atoms with Crippen molar-refractivity contribution < 1.29 is 14.3 Å². The Balaban J connectivity index is 1.98. The van der Waals surface area contributed by atoms with Crippen LogP contribution in [0.1, 0.15) is 45.1 Å². The number of hydrogen-bond acceptors (Lipinski definition) is 4. The summed E-state index contributed by atoms with van der Waals surface area (Å²) in [5.41, 5.74) is 6.82. The molecule has 0 aliphatic carbocycles. The number of nitrogens with zero attached hydrogens (tertiary/aromatic N) is 1. The smallest absolute Gasteiger partial charge is 0.410 e. The van der Waals surface area contributed by atoms with Gasteiger partial charge in [0.2, 0.25) is 0 Å². The van der Waals surface area contributed by atoms with E-state index < -0.39 is 5.60 Å². The Hall–Kier alpha value is -1.75. The molecular weight excluding hydrogens is 304 g/mol. The zero-order chi connectivity index (χ0) is 17.7. The number of amides is 1. The molecule has 5 heteroatoms. The zero-order valence-electron chi connectivity index (χ0n) is 15.2. The lowest BCUT2D eigenvalue weighted by Crippen LogP contribution is -2.43. The Labute approximate surface area is 145 Å².